The van der Waals surface area contributed by atoms with Gasteiger partial charge in [-0.2, -0.15) is 0 Å². The fourth-order valence-corrected chi connectivity index (χ4v) is 4.37. The molecule has 3 rings (SSSR count). The molecule has 2 aromatic rings. The molecule has 1 aliphatic rings. The number of benzene rings is 2. The van der Waals surface area contributed by atoms with Crippen LogP contribution in [0.4, 0.5) is 11.4 Å². The van der Waals surface area contributed by atoms with Gasteiger partial charge in [-0.3, -0.25) is 19.4 Å². The van der Waals surface area contributed by atoms with E-state index in [0.29, 0.717) is 12.5 Å². The maximum Gasteiger partial charge on any atom is 0.241 e. The van der Waals surface area contributed by atoms with Crippen molar-refractivity contribution in [2.24, 2.45) is 0 Å². The van der Waals surface area contributed by atoms with E-state index in [4.69, 9.17) is 0 Å². The smallest absolute Gasteiger partial charge is 0.241 e. The van der Waals surface area contributed by atoms with Crippen molar-refractivity contribution in [1.82, 2.24) is 9.80 Å². The molecular formula is C27H38N4O2. The number of hydrogen-bond donors (Lipinski definition) is 2. The second-order valence-electron chi connectivity index (χ2n) is 9.19. The Morgan fingerprint density at radius 2 is 1.55 bits per heavy atom. The topological polar surface area (TPSA) is 64.7 Å². The molecule has 2 aromatic carbocycles. The Labute approximate surface area is 198 Å². The third kappa shape index (κ3) is 6.42. The standard InChI is InChI=1S/C27H38N4O2/c1-6-19(2)23-12-7-8-13-24(23)28-27(33)22(5)31-16-14-30(15-17-31)18-25(32)29-26-20(3)10-9-11-21(26)4/h7-13,19,22H,6,14-18H2,1-5H3,(H,28,33)(H,29,32)/t19-,22+/m1/s1. The molecule has 0 spiro atoms. The third-order valence-corrected chi connectivity index (χ3v) is 6.81. The Balaban J connectivity index is 1.50. The van der Waals surface area contributed by atoms with Crippen LogP contribution in [0.1, 0.15) is 49.8 Å². The van der Waals surface area contributed by atoms with E-state index in [2.05, 4.69) is 40.3 Å². The lowest BCUT2D eigenvalue weighted by molar-refractivity contribution is -0.122. The van der Waals surface area contributed by atoms with Crippen LogP contribution in [-0.4, -0.2) is 60.4 Å². The van der Waals surface area contributed by atoms with Gasteiger partial charge < -0.3 is 10.6 Å². The summed E-state index contributed by atoms with van der Waals surface area (Å²) in [5.41, 5.74) is 5.14. The molecule has 33 heavy (non-hydrogen) atoms. The van der Waals surface area contributed by atoms with E-state index in [-0.39, 0.29) is 17.9 Å². The van der Waals surface area contributed by atoms with Crippen LogP contribution in [0.25, 0.3) is 0 Å². The maximum absolute atomic E-state index is 13.0. The second-order valence-corrected chi connectivity index (χ2v) is 9.19. The SMILES string of the molecule is CC[C@@H](C)c1ccccc1NC(=O)[C@H](C)N1CCN(CC(=O)Nc2c(C)cccc2C)CC1. The molecule has 6 nitrogen and oxygen atoms in total. The van der Waals surface area contributed by atoms with E-state index >= 15 is 0 Å². The van der Waals surface area contributed by atoms with Crippen LogP contribution >= 0.6 is 0 Å². The van der Waals surface area contributed by atoms with Crippen molar-refractivity contribution in [3.05, 3.63) is 59.2 Å². The first-order valence-electron chi connectivity index (χ1n) is 12.0. The van der Waals surface area contributed by atoms with Crippen LogP contribution in [0.3, 0.4) is 0 Å². The average molecular weight is 451 g/mol. The van der Waals surface area contributed by atoms with Gasteiger partial charge in [0.15, 0.2) is 0 Å². The molecule has 0 radical (unpaired) electrons. The van der Waals surface area contributed by atoms with Gasteiger partial charge in [0.2, 0.25) is 11.8 Å². The summed E-state index contributed by atoms with van der Waals surface area (Å²) in [5.74, 6) is 0.426. The van der Waals surface area contributed by atoms with Crippen LogP contribution in [-0.2, 0) is 9.59 Å². The van der Waals surface area contributed by atoms with Crippen LogP contribution in [0.2, 0.25) is 0 Å². The number of nitrogens with zero attached hydrogens (tertiary/aromatic N) is 2. The number of nitrogens with one attached hydrogen (secondary N) is 2. The first-order chi connectivity index (χ1) is 15.8. The first-order valence-corrected chi connectivity index (χ1v) is 12.0. The van der Waals surface area contributed by atoms with Crippen molar-refractivity contribution >= 4 is 23.2 Å². The monoisotopic (exact) mass is 450 g/mol. The molecule has 0 bridgehead atoms. The predicted molar refractivity (Wildman–Crippen MR) is 136 cm³/mol. The Bertz CT molecular complexity index is 946. The molecule has 178 valence electrons. The highest BCUT2D eigenvalue weighted by molar-refractivity contribution is 5.95. The predicted octanol–water partition coefficient (Wildman–Crippen LogP) is 4.40. The van der Waals surface area contributed by atoms with E-state index < -0.39 is 0 Å². The van der Waals surface area contributed by atoms with Crippen molar-refractivity contribution in [1.29, 1.82) is 0 Å². The highest BCUT2D eigenvalue weighted by Gasteiger charge is 2.27. The van der Waals surface area contributed by atoms with Gasteiger partial charge in [0.1, 0.15) is 0 Å². The van der Waals surface area contributed by atoms with Gasteiger partial charge in [-0.05, 0) is 55.9 Å². The molecule has 2 amide bonds. The number of anilines is 2. The van der Waals surface area contributed by atoms with Crippen LogP contribution < -0.4 is 10.6 Å². The fraction of sp³-hybridized carbons (Fsp3) is 0.481. The molecule has 2 atom stereocenters. The van der Waals surface area contributed by atoms with Gasteiger partial charge in [0.05, 0.1) is 12.6 Å². The van der Waals surface area contributed by atoms with Gasteiger partial charge in [-0.15, -0.1) is 0 Å². The van der Waals surface area contributed by atoms with Crippen LogP contribution in [0, 0.1) is 13.8 Å². The van der Waals surface area contributed by atoms with Gasteiger partial charge >= 0.3 is 0 Å². The summed E-state index contributed by atoms with van der Waals surface area (Å²) in [7, 11) is 0. The lowest BCUT2D eigenvalue weighted by Crippen LogP contribution is -2.53. The number of hydrogen-bond acceptors (Lipinski definition) is 4. The Kier molecular flexibility index (Phi) is 8.64. The number of piperazine rings is 1. The van der Waals surface area contributed by atoms with Crippen molar-refractivity contribution in [2.45, 2.75) is 53.0 Å². The van der Waals surface area contributed by atoms with E-state index in [1.54, 1.807) is 0 Å². The third-order valence-electron chi connectivity index (χ3n) is 6.81. The molecule has 2 N–H and O–H groups in total. The number of carbonyl (C=O) groups is 2. The van der Waals surface area contributed by atoms with Gasteiger partial charge in [0, 0.05) is 37.6 Å². The summed E-state index contributed by atoms with van der Waals surface area (Å²) in [6.45, 7) is 13.7. The highest BCUT2D eigenvalue weighted by Crippen LogP contribution is 2.27. The van der Waals surface area contributed by atoms with Gasteiger partial charge in [-0.1, -0.05) is 50.2 Å². The fourth-order valence-electron chi connectivity index (χ4n) is 4.37. The minimum Gasteiger partial charge on any atom is -0.324 e. The Hall–Kier alpha value is -2.70. The first kappa shape index (κ1) is 24.9. The highest BCUT2D eigenvalue weighted by atomic mass is 16.2. The zero-order valence-corrected chi connectivity index (χ0v) is 20.6. The largest absolute Gasteiger partial charge is 0.324 e. The lowest BCUT2D eigenvalue weighted by Gasteiger charge is -2.37. The summed E-state index contributed by atoms with van der Waals surface area (Å²) in [6.07, 6.45) is 1.03. The molecule has 1 fully saturated rings. The number of carbonyl (C=O) groups excluding carboxylic acids is 2. The van der Waals surface area contributed by atoms with Crippen LogP contribution in [0.15, 0.2) is 42.5 Å². The lowest BCUT2D eigenvalue weighted by atomic mass is 9.97. The van der Waals surface area contributed by atoms with Crippen LogP contribution in [0.5, 0.6) is 0 Å². The minimum absolute atomic E-state index is 0.00768. The average Bonchev–Trinajstić information content (AvgIpc) is 2.81. The Morgan fingerprint density at radius 1 is 0.909 bits per heavy atom. The number of amides is 2. The summed E-state index contributed by atoms with van der Waals surface area (Å²) in [6, 6.07) is 13.9. The number of para-hydroxylation sites is 2. The van der Waals surface area contributed by atoms with E-state index in [1.807, 2.05) is 57.2 Å². The van der Waals surface area contributed by atoms with Crippen molar-refractivity contribution in [3.63, 3.8) is 0 Å². The van der Waals surface area contributed by atoms with E-state index in [1.165, 1.54) is 5.56 Å². The van der Waals surface area contributed by atoms with Crippen molar-refractivity contribution in [2.75, 3.05) is 43.4 Å². The Morgan fingerprint density at radius 3 is 2.18 bits per heavy atom. The summed E-state index contributed by atoms with van der Waals surface area (Å²) < 4.78 is 0. The van der Waals surface area contributed by atoms with Crippen molar-refractivity contribution < 1.29 is 9.59 Å². The second kappa shape index (κ2) is 11.4. The summed E-state index contributed by atoms with van der Waals surface area (Å²) >= 11 is 0. The maximum atomic E-state index is 13.0. The molecule has 0 aromatic heterocycles. The zero-order chi connectivity index (χ0) is 24.0. The minimum atomic E-state index is -0.222. The number of aryl methyl sites for hydroxylation is 2. The van der Waals surface area contributed by atoms with Crippen molar-refractivity contribution in [3.8, 4) is 0 Å². The van der Waals surface area contributed by atoms with E-state index in [9.17, 15) is 9.59 Å². The van der Waals surface area contributed by atoms with E-state index in [0.717, 1.165) is 55.1 Å². The molecule has 1 heterocycles. The zero-order valence-electron chi connectivity index (χ0n) is 20.6. The summed E-state index contributed by atoms with van der Waals surface area (Å²) in [4.78, 5) is 29.9. The summed E-state index contributed by atoms with van der Waals surface area (Å²) in [5, 5.41) is 6.21. The molecule has 0 saturated carbocycles. The van der Waals surface area contributed by atoms with Gasteiger partial charge in [-0.25, -0.2) is 0 Å². The normalized spacial score (nSPS) is 16.8. The molecule has 6 heteroatoms. The molecule has 0 unspecified atom stereocenters. The molecule has 1 aliphatic heterocycles. The quantitative estimate of drug-likeness (QED) is 0.626. The van der Waals surface area contributed by atoms with Gasteiger partial charge in [0.25, 0.3) is 0 Å². The molecular weight excluding hydrogens is 412 g/mol. The molecule has 1 saturated heterocycles. The molecule has 0 aliphatic carbocycles. The number of rotatable bonds is 8.